The molecule has 2 rings (SSSR count). The zero-order valence-electron chi connectivity index (χ0n) is 29.7. The Morgan fingerprint density at radius 1 is 0.692 bits per heavy atom. The minimum absolute atomic E-state index is 0.00369. The molecule has 52 heavy (non-hydrogen) atoms. The van der Waals surface area contributed by atoms with Gasteiger partial charge in [-0.1, -0.05) is 30.3 Å². The molecule has 0 aromatic heterocycles. The lowest BCUT2D eigenvalue weighted by Crippen LogP contribution is -2.66. The van der Waals surface area contributed by atoms with Crippen LogP contribution in [-0.2, 0) is 87.6 Å². The maximum Gasteiger partial charge on any atom is 0.303 e. The van der Waals surface area contributed by atoms with E-state index in [-0.39, 0.29) is 6.61 Å². The summed E-state index contributed by atoms with van der Waals surface area (Å²) >= 11 is 0. The van der Waals surface area contributed by atoms with Gasteiger partial charge < -0.3 is 53.7 Å². The molecule has 0 bridgehead atoms. The molecule has 1 aromatic rings. The molecule has 0 spiro atoms. The molecule has 3 N–H and O–H groups in total. The summed E-state index contributed by atoms with van der Waals surface area (Å²) in [6.45, 7) is 5.71. The van der Waals surface area contributed by atoms with E-state index in [9.17, 15) is 38.4 Å². The van der Waals surface area contributed by atoms with Crippen molar-refractivity contribution in [2.24, 2.45) is 5.73 Å². The molecule has 1 saturated heterocycles. The van der Waals surface area contributed by atoms with Gasteiger partial charge in [0.25, 0.3) is 5.91 Å². The van der Waals surface area contributed by atoms with Gasteiger partial charge in [0.15, 0.2) is 36.8 Å². The number of carbonyl (C=O) groups is 8. The number of carbonyl (C=O) groups excluding carboxylic acids is 8. The Morgan fingerprint density at radius 3 is 1.75 bits per heavy atom. The first-order chi connectivity index (χ1) is 24.4. The zero-order valence-corrected chi connectivity index (χ0v) is 29.7. The second-order valence-corrected chi connectivity index (χ2v) is 11.4. The van der Waals surface area contributed by atoms with E-state index in [2.05, 4.69) is 5.32 Å². The standard InChI is InChI=1S/C33H44N2O17/c1-16(36)44-15-25(46-17(2)37)28(48-19(4)39)30(50-21(6)41)31(51-22(7)42)32(43)35-13-24-27(47-18(3)38)29(49-20(5)40)26(34)33(52-24)45-14-23-11-9-8-10-12-23/h8-12,24-31,33H,13-15,34H2,1-7H3,(H,35,43)/t24-,25+,26-,27-,28-,29-,30+,31+,33+/m1/s1. The van der Waals surface area contributed by atoms with E-state index in [1.807, 2.05) is 0 Å². The molecule has 0 unspecified atom stereocenters. The van der Waals surface area contributed by atoms with Crippen molar-refractivity contribution in [1.82, 2.24) is 5.32 Å². The molecule has 0 aliphatic carbocycles. The van der Waals surface area contributed by atoms with E-state index in [4.69, 9.17) is 48.4 Å². The van der Waals surface area contributed by atoms with Gasteiger partial charge in [-0.05, 0) is 5.56 Å². The molecule has 0 radical (unpaired) electrons. The van der Waals surface area contributed by atoms with Gasteiger partial charge in [-0.25, -0.2) is 0 Å². The number of benzene rings is 1. The molecular weight excluding hydrogens is 696 g/mol. The highest BCUT2D eigenvalue weighted by Crippen LogP contribution is 2.27. The molecular formula is C33H44N2O17. The van der Waals surface area contributed by atoms with Gasteiger partial charge in [-0.15, -0.1) is 0 Å². The molecule has 1 aliphatic heterocycles. The first kappa shape index (κ1) is 43.0. The highest BCUT2D eigenvalue weighted by molar-refractivity contribution is 5.84. The van der Waals surface area contributed by atoms with Gasteiger partial charge in [0, 0.05) is 55.0 Å². The number of hydrogen-bond donors (Lipinski definition) is 2. The molecule has 1 aliphatic rings. The quantitative estimate of drug-likeness (QED) is 0.151. The van der Waals surface area contributed by atoms with E-state index in [0.717, 1.165) is 54.0 Å². The molecule has 1 fully saturated rings. The molecule has 1 aromatic carbocycles. The fourth-order valence-electron chi connectivity index (χ4n) is 5.06. The van der Waals surface area contributed by atoms with Crippen LogP contribution in [0.25, 0.3) is 0 Å². The topological polar surface area (TPSA) is 258 Å². The average molecular weight is 741 g/mol. The molecule has 288 valence electrons. The number of rotatable bonds is 17. The largest absolute Gasteiger partial charge is 0.462 e. The molecule has 0 saturated carbocycles. The average Bonchev–Trinajstić information content (AvgIpc) is 3.03. The first-order valence-electron chi connectivity index (χ1n) is 15.9. The smallest absolute Gasteiger partial charge is 0.303 e. The Kier molecular flexibility index (Phi) is 17.1. The Hall–Kier alpha value is -5.14. The normalized spacial score (nSPS) is 21.8. The molecule has 19 heteroatoms. The van der Waals surface area contributed by atoms with Crippen molar-refractivity contribution in [2.45, 2.75) is 110 Å². The number of esters is 7. The van der Waals surface area contributed by atoms with E-state index in [1.54, 1.807) is 30.3 Å². The van der Waals surface area contributed by atoms with Crippen LogP contribution in [-0.4, -0.2) is 116 Å². The summed E-state index contributed by atoms with van der Waals surface area (Å²) in [5, 5.41) is 2.44. The SMILES string of the molecule is CC(=O)OC[C@H](OC(C)=O)[C@@H](OC(C)=O)[C@H](OC(C)=O)[C@H](OC(C)=O)C(=O)NC[C@H]1O[C@H](OCc2ccccc2)[C@H](N)[C@@H](OC(C)=O)[C@@H]1OC(C)=O. The van der Waals surface area contributed by atoms with Crippen molar-refractivity contribution in [3.8, 4) is 0 Å². The van der Waals surface area contributed by atoms with Crippen LogP contribution >= 0.6 is 0 Å². The fourth-order valence-corrected chi connectivity index (χ4v) is 5.06. The lowest BCUT2D eigenvalue weighted by atomic mass is 9.96. The third-order valence-corrected chi connectivity index (χ3v) is 6.94. The van der Waals surface area contributed by atoms with Gasteiger partial charge in [-0.3, -0.25) is 38.4 Å². The van der Waals surface area contributed by atoms with Crippen LogP contribution in [0.5, 0.6) is 0 Å². The molecule has 1 amide bonds. The Bertz CT molecular complexity index is 1440. The van der Waals surface area contributed by atoms with E-state index in [1.165, 1.54) is 0 Å². The summed E-state index contributed by atoms with van der Waals surface area (Å²) in [6, 6.07) is 7.70. The Balaban J connectivity index is 2.53. The Morgan fingerprint density at radius 2 is 1.23 bits per heavy atom. The van der Waals surface area contributed by atoms with Crippen LogP contribution in [0.15, 0.2) is 30.3 Å². The summed E-state index contributed by atoms with van der Waals surface area (Å²) in [6.07, 6.45) is -13.0. The maximum absolute atomic E-state index is 13.9. The van der Waals surface area contributed by atoms with Gasteiger partial charge in [-0.2, -0.15) is 0 Å². The summed E-state index contributed by atoms with van der Waals surface area (Å²) in [5.74, 6) is -7.69. The second kappa shape index (κ2) is 20.6. The van der Waals surface area contributed by atoms with Crippen molar-refractivity contribution in [3.05, 3.63) is 35.9 Å². The van der Waals surface area contributed by atoms with Crippen LogP contribution in [0.1, 0.15) is 54.0 Å². The van der Waals surface area contributed by atoms with Crippen LogP contribution < -0.4 is 11.1 Å². The summed E-state index contributed by atoms with van der Waals surface area (Å²) < 4.78 is 48.7. The van der Waals surface area contributed by atoms with Crippen molar-refractivity contribution in [2.75, 3.05) is 13.2 Å². The fraction of sp³-hybridized carbons (Fsp3) is 0.576. The summed E-state index contributed by atoms with van der Waals surface area (Å²) in [7, 11) is 0. The molecule has 1 heterocycles. The van der Waals surface area contributed by atoms with Crippen molar-refractivity contribution in [1.29, 1.82) is 0 Å². The maximum atomic E-state index is 13.9. The van der Waals surface area contributed by atoms with Crippen LogP contribution in [0.4, 0.5) is 0 Å². The van der Waals surface area contributed by atoms with Gasteiger partial charge in [0.2, 0.25) is 6.10 Å². The number of nitrogens with one attached hydrogen (secondary N) is 1. The first-order valence-corrected chi connectivity index (χ1v) is 15.9. The zero-order chi connectivity index (χ0) is 39.1. The van der Waals surface area contributed by atoms with Crippen LogP contribution in [0, 0.1) is 0 Å². The van der Waals surface area contributed by atoms with Crippen molar-refractivity contribution in [3.63, 3.8) is 0 Å². The van der Waals surface area contributed by atoms with Crippen molar-refractivity contribution >= 4 is 47.7 Å². The van der Waals surface area contributed by atoms with E-state index in [0.29, 0.717) is 0 Å². The lowest BCUT2D eigenvalue weighted by molar-refractivity contribution is -0.269. The Labute approximate surface area is 298 Å². The minimum atomic E-state index is -2.12. The highest BCUT2D eigenvalue weighted by Gasteiger charge is 2.50. The molecule has 9 atom stereocenters. The third-order valence-electron chi connectivity index (χ3n) is 6.94. The van der Waals surface area contributed by atoms with Gasteiger partial charge >= 0.3 is 41.8 Å². The lowest BCUT2D eigenvalue weighted by Gasteiger charge is -2.44. The van der Waals surface area contributed by atoms with Crippen LogP contribution in [0.2, 0.25) is 0 Å². The second-order valence-electron chi connectivity index (χ2n) is 11.4. The van der Waals surface area contributed by atoms with E-state index < -0.39 is 116 Å². The predicted molar refractivity (Wildman–Crippen MR) is 171 cm³/mol. The number of hydrogen-bond acceptors (Lipinski definition) is 18. The highest BCUT2D eigenvalue weighted by atomic mass is 16.7. The van der Waals surface area contributed by atoms with Gasteiger partial charge in [0.05, 0.1) is 12.6 Å². The summed E-state index contributed by atoms with van der Waals surface area (Å²) in [4.78, 5) is 98.5. The minimum Gasteiger partial charge on any atom is -0.462 e. The summed E-state index contributed by atoms with van der Waals surface area (Å²) in [5.41, 5.74) is 7.10. The number of amides is 1. The number of nitrogens with two attached hydrogens (primary N) is 1. The predicted octanol–water partition coefficient (Wildman–Crippen LogP) is -0.475. The van der Waals surface area contributed by atoms with Crippen LogP contribution in [0.3, 0.4) is 0 Å². The van der Waals surface area contributed by atoms with Gasteiger partial charge in [0.1, 0.15) is 12.7 Å². The van der Waals surface area contributed by atoms with Crippen molar-refractivity contribution < 1.29 is 81.0 Å². The molecule has 19 nitrogen and oxygen atoms in total. The van der Waals surface area contributed by atoms with E-state index >= 15 is 0 Å². The monoisotopic (exact) mass is 740 g/mol. The number of ether oxygens (including phenoxy) is 9. The third kappa shape index (κ3) is 14.2.